The first-order valence-electron chi connectivity index (χ1n) is 10.8. The molecule has 1 aromatic rings. The Morgan fingerprint density at radius 2 is 1.93 bits per heavy atom. The number of rotatable bonds is 12. The van der Waals surface area contributed by atoms with E-state index in [1.54, 1.807) is 24.3 Å². The largest absolute Gasteiger partial charge is 0.494 e. The second-order valence-electron chi connectivity index (χ2n) is 7.65. The molecule has 0 spiro atoms. The minimum absolute atomic E-state index is 0.0684. The second-order valence-corrected chi connectivity index (χ2v) is 7.65. The molecule has 166 valence electrons. The van der Waals surface area contributed by atoms with Gasteiger partial charge in [-0.3, -0.25) is 14.4 Å². The van der Waals surface area contributed by atoms with Crippen LogP contribution < -0.4 is 21.1 Å². The lowest BCUT2D eigenvalue weighted by atomic mass is 9.97. The number of carbonyl (C=O) groups is 3. The molecule has 1 atom stereocenters. The van der Waals surface area contributed by atoms with Gasteiger partial charge in [0, 0.05) is 18.7 Å². The van der Waals surface area contributed by atoms with Crippen LogP contribution in [0.3, 0.4) is 0 Å². The Balaban J connectivity index is 1.60. The smallest absolute Gasteiger partial charge is 0.251 e. The summed E-state index contributed by atoms with van der Waals surface area (Å²) in [4.78, 5) is 37.6. The molecule has 0 bridgehead atoms. The molecule has 2 rings (SSSR count). The van der Waals surface area contributed by atoms with Crippen molar-refractivity contribution in [2.24, 2.45) is 11.7 Å². The van der Waals surface area contributed by atoms with Gasteiger partial charge in [-0.25, -0.2) is 0 Å². The highest BCUT2D eigenvalue weighted by Crippen LogP contribution is 2.16. The fraction of sp³-hybridized carbons (Fsp3) is 0.591. The lowest BCUT2D eigenvalue weighted by Crippen LogP contribution is -2.42. The Morgan fingerprint density at radius 3 is 2.63 bits per heavy atom. The molecule has 1 heterocycles. The van der Waals surface area contributed by atoms with Crippen LogP contribution in [0.2, 0.25) is 0 Å². The molecule has 0 aromatic heterocycles. The van der Waals surface area contributed by atoms with Gasteiger partial charge in [0.2, 0.25) is 11.8 Å². The van der Waals surface area contributed by atoms with E-state index in [4.69, 9.17) is 10.5 Å². The number of nitrogens with one attached hydrogen (secondary N) is 2. The minimum Gasteiger partial charge on any atom is -0.494 e. The highest BCUT2D eigenvalue weighted by molar-refractivity contribution is 5.96. The van der Waals surface area contributed by atoms with E-state index in [9.17, 15) is 14.4 Å². The van der Waals surface area contributed by atoms with Gasteiger partial charge in [0.05, 0.1) is 19.1 Å². The molecule has 1 aromatic carbocycles. The number of unbranched alkanes of at least 4 members (excludes halogenated alkanes) is 1. The van der Waals surface area contributed by atoms with Crippen molar-refractivity contribution in [3.05, 3.63) is 29.8 Å². The average molecular weight is 419 g/mol. The monoisotopic (exact) mass is 418 g/mol. The highest BCUT2D eigenvalue weighted by atomic mass is 16.5. The summed E-state index contributed by atoms with van der Waals surface area (Å²) in [5, 5.41) is 5.43. The third-order valence-electron chi connectivity index (χ3n) is 5.17. The second kappa shape index (κ2) is 12.8. The lowest BCUT2D eigenvalue weighted by Gasteiger charge is -2.31. The Morgan fingerprint density at radius 1 is 1.17 bits per heavy atom. The fourth-order valence-electron chi connectivity index (χ4n) is 3.38. The molecule has 1 aliphatic heterocycles. The number of benzene rings is 1. The van der Waals surface area contributed by atoms with Gasteiger partial charge in [-0.1, -0.05) is 13.3 Å². The van der Waals surface area contributed by atoms with E-state index in [1.807, 2.05) is 0 Å². The van der Waals surface area contributed by atoms with Crippen molar-refractivity contribution in [1.29, 1.82) is 0 Å². The fourth-order valence-corrected chi connectivity index (χ4v) is 3.38. The molecular weight excluding hydrogens is 384 g/mol. The molecule has 8 nitrogen and oxygen atoms in total. The van der Waals surface area contributed by atoms with Gasteiger partial charge in [-0.2, -0.15) is 0 Å². The molecule has 4 N–H and O–H groups in total. The number of nitrogens with zero attached hydrogens (tertiary/aromatic N) is 1. The van der Waals surface area contributed by atoms with Gasteiger partial charge in [-0.15, -0.1) is 0 Å². The quantitative estimate of drug-likeness (QED) is 0.443. The van der Waals surface area contributed by atoms with Crippen molar-refractivity contribution in [3.63, 3.8) is 0 Å². The zero-order valence-electron chi connectivity index (χ0n) is 17.8. The zero-order valence-corrected chi connectivity index (χ0v) is 17.8. The van der Waals surface area contributed by atoms with Gasteiger partial charge in [0.15, 0.2) is 0 Å². The maximum Gasteiger partial charge on any atom is 0.251 e. The minimum atomic E-state index is -0.295. The molecule has 3 amide bonds. The summed E-state index contributed by atoms with van der Waals surface area (Å²) >= 11 is 0. The van der Waals surface area contributed by atoms with Crippen LogP contribution in [-0.2, 0) is 9.59 Å². The summed E-state index contributed by atoms with van der Waals surface area (Å²) < 4.78 is 5.57. The van der Waals surface area contributed by atoms with E-state index < -0.39 is 0 Å². The number of amides is 3. The van der Waals surface area contributed by atoms with Crippen LogP contribution in [0.5, 0.6) is 5.75 Å². The van der Waals surface area contributed by atoms with E-state index >= 15 is 0 Å². The number of carbonyl (C=O) groups excluding carboxylic acids is 3. The van der Waals surface area contributed by atoms with Crippen molar-refractivity contribution in [3.8, 4) is 5.75 Å². The van der Waals surface area contributed by atoms with Gasteiger partial charge < -0.3 is 26.0 Å². The molecule has 0 saturated carbocycles. The summed E-state index contributed by atoms with van der Waals surface area (Å²) in [5.41, 5.74) is 5.88. The maximum absolute atomic E-state index is 12.2. The predicted molar refractivity (Wildman–Crippen MR) is 115 cm³/mol. The number of hydrogen-bond donors (Lipinski definition) is 3. The Bertz CT molecular complexity index is 693. The maximum atomic E-state index is 12.2. The third kappa shape index (κ3) is 8.41. The van der Waals surface area contributed by atoms with Gasteiger partial charge >= 0.3 is 0 Å². The van der Waals surface area contributed by atoms with Crippen LogP contribution in [-0.4, -0.2) is 62.0 Å². The topological polar surface area (TPSA) is 114 Å². The summed E-state index contributed by atoms with van der Waals surface area (Å²) in [6.07, 6.45) is 4.67. The highest BCUT2D eigenvalue weighted by Gasteiger charge is 2.23. The predicted octanol–water partition coefficient (Wildman–Crippen LogP) is 1.30. The standard InChI is InChI=1S/C22H34N4O4/c1-2-3-14-30-19-9-7-17(8-10-19)22(29)25-15-20(27)24-11-5-13-26-12-4-6-18(16-26)21(23)28/h7-10,18H,2-6,11-16H2,1H3,(H2,23,28)(H,24,27)(H,25,29). The van der Waals surface area contributed by atoms with E-state index in [2.05, 4.69) is 22.5 Å². The van der Waals surface area contributed by atoms with E-state index in [1.165, 1.54) is 0 Å². The van der Waals surface area contributed by atoms with E-state index in [0.29, 0.717) is 25.3 Å². The number of nitrogens with two attached hydrogens (primary N) is 1. The van der Waals surface area contributed by atoms with Crippen LogP contribution >= 0.6 is 0 Å². The van der Waals surface area contributed by atoms with Crippen LogP contribution in [0.1, 0.15) is 49.4 Å². The molecule has 1 fully saturated rings. The first kappa shape index (κ1) is 23.7. The first-order chi connectivity index (χ1) is 14.5. The van der Waals surface area contributed by atoms with Gasteiger partial charge in [0.1, 0.15) is 5.75 Å². The van der Waals surface area contributed by atoms with Gasteiger partial charge in [-0.05, 0) is 63.0 Å². The number of primary amides is 1. The Kier molecular flexibility index (Phi) is 10.1. The Labute approximate surface area is 178 Å². The summed E-state index contributed by atoms with van der Waals surface area (Å²) in [6, 6.07) is 6.89. The number of ether oxygens (including phenoxy) is 1. The molecule has 30 heavy (non-hydrogen) atoms. The molecular formula is C22H34N4O4. The lowest BCUT2D eigenvalue weighted by molar-refractivity contribution is -0.123. The van der Waals surface area contributed by atoms with Gasteiger partial charge in [0.25, 0.3) is 5.91 Å². The van der Waals surface area contributed by atoms with Crippen molar-refractivity contribution < 1.29 is 19.1 Å². The van der Waals surface area contributed by atoms with Crippen molar-refractivity contribution in [2.45, 2.75) is 39.0 Å². The summed E-state index contributed by atoms with van der Waals surface area (Å²) in [6.45, 7) is 5.67. The molecule has 1 saturated heterocycles. The summed E-state index contributed by atoms with van der Waals surface area (Å²) in [5.74, 6) is -0.0934. The normalized spacial score (nSPS) is 16.6. The molecule has 8 heteroatoms. The van der Waals surface area contributed by atoms with E-state index in [0.717, 1.165) is 50.9 Å². The van der Waals surface area contributed by atoms with Crippen molar-refractivity contribution in [2.75, 3.05) is 39.3 Å². The summed E-state index contributed by atoms with van der Waals surface area (Å²) in [7, 11) is 0. The first-order valence-corrected chi connectivity index (χ1v) is 10.8. The SMILES string of the molecule is CCCCOc1ccc(C(=O)NCC(=O)NCCCN2CCCC(C(N)=O)C2)cc1. The van der Waals surface area contributed by atoms with Crippen LogP contribution in [0.4, 0.5) is 0 Å². The number of likely N-dealkylation sites (tertiary alicyclic amines) is 1. The molecule has 1 aliphatic rings. The number of hydrogen-bond acceptors (Lipinski definition) is 5. The molecule has 0 radical (unpaired) electrons. The number of piperidine rings is 1. The average Bonchev–Trinajstić information content (AvgIpc) is 2.76. The molecule has 1 unspecified atom stereocenters. The van der Waals surface area contributed by atoms with E-state index in [-0.39, 0.29) is 30.2 Å². The Hall–Kier alpha value is -2.61. The zero-order chi connectivity index (χ0) is 21.8. The van der Waals surface area contributed by atoms with Crippen molar-refractivity contribution in [1.82, 2.24) is 15.5 Å². The third-order valence-corrected chi connectivity index (χ3v) is 5.17. The van der Waals surface area contributed by atoms with Crippen molar-refractivity contribution >= 4 is 17.7 Å². The van der Waals surface area contributed by atoms with Crippen LogP contribution in [0.25, 0.3) is 0 Å². The van der Waals surface area contributed by atoms with Crippen LogP contribution in [0, 0.1) is 5.92 Å². The molecule has 0 aliphatic carbocycles. The van der Waals surface area contributed by atoms with Crippen LogP contribution in [0.15, 0.2) is 24.3 Å².